The summed E-state index contributed by atoms with van der Waals surface area (Å²) in [5, 5.41) is 0. The summed E-state index contributed by atoms with van der Waals surface area (Å²) in [6.45, 7) is 5.65. The van der Waals surface area contributed by atoms with E-state index in [0.717, 1.165) is 0 Å². The summed E-state index contributed by atoms with van der Waals surface area (Å²) >= 11 is 0. The number of nitrogens with one attached hydrogen (secondary N) is 1. The van der Waals surface area contributed by atoms with Gasteiger partial charge in [-0.25, -0.2) is 23.4 Å². The minimum absolute atomic E-state index is 0.0918. The van der Waals surface area contributed by atoms with Crippen molar-refractivity contribution in [1.82, 2.24) is 19.5 Å². The minimum Gasteiger partial charge on any atom is -0.349 e. The maximum atomic E-state index is 12.7. The van der Waals surface area contributed by atoms with Crippen LogP contribution in [0.2, 0.25) is 0 Å². The second-order valence-electron chi connectivity index (χ2n) is 7.76. The lowest BCUT2D eigenvalue weighted by molar-refractivity contribution is -0.194. The van der Waals surface area contributed by atoms with Gasteiger partial charge in [0.2, 0.25) is 0 Å². The van der Waals surface area contributed by atoms with E-state index in [1.807, 2.05) is 20.8 Å². The Morgan fingerprint density at radius 2 is 1.80 bits per heavy atom. The topological polar surface area (TPSA) is 117 Å². The SMILES string of the molecule is C[C@H]1O[C@@H](n2cnc3c(NS(=O)(=O)c4ccccc4)ncnc32)[C@@H]2OC(C)(C)O[C@@H]21. The average Bonchev–Trinajstić information content (AvgIpc) is 3.35. The van der Waals surface area contributed by atoms with Gasteiger partial charge >= 0.3 is 0 Å². The zero-order valence-electron chi connectivity index (χ0n) is 16.6. The Morgan fingerprint density at radius 1 is 1.07 bits per heavy atom. The number of rotatable bonds is 4. The fraction of sp³-hybridized carbons (Fsp3) is 0.421. The van der Waals surface area contributed by atoms with Gasteiger partial charge in [-0.2, -0.15) is 0 Å². The zero-order valence-corrected chi connectivity index (χ0v) is 17.4. The Morgan fingerprint density at radius 3 is 2.57 bits per heavy atom. The molecule has 0 aliphatic carbocycles. The molecular weight excluding hydrogens is 410 g/mol. The van der Waals surface area contributed by atoms with Crippen molar-refractivity contribution in [1.29, 1.82) is 0 Å². The molecule has 4 heterocycles. The quantitative estimate of drug-likeness (QED) is 0.667. The van der Waals surface area contributed by atoms with Crippen molar-refractivity contribution >= 4 is 27.0 Å². The first kappa shape index (κ1) is 19.4. The van der Waals surface area contributed by atoms with Crippen molar-refractivity contribution in [2.24, 2.45) is 0 Å². The lowest BCUT2D eigenvalue weighted by Gasteiger charge is -2.23. The van der Waals surface area contributed by atoms with Gasteiger partial charge in [-0.15, -0.1) is 0 Å². The molecule has 30 heavy (non-hydrogen) atoms. The van der Waals surface area contributed by atoms with Gasteiger partial charge in [-0.05, 0) is 32.9 Å². The zero-order chi connectivity index (χ0) is 21.1. The van der Waals surface area contributed by atoms with Crippen LogP contribution in [0.4, 0.5) is 5.82 Å². The van der Waals surface area contributed by atoms with Gasteiger partial charge < -0.3 is 14.2 Å². The maximum absolute atomic E-state index is 12.7. The summed E-state index contributed by atoms with van der Waals surface area (Å²) in [5.74, 6) is -0.623. The number of imidazole rings is 1. The standard InChI is InChI=1S/C19H21N5O5S/c1-11-14-15(29-19(2,3)28-14)18(27-11)24-10-22-13-16(20-9-21-17(13)24)23-30(25,26)12-7-5-4-6-8-12/h4-11,14-15,18H,1-3H3,(H,20,21,23)/t11-,14-,15-,18-/m1/s1. The van der Waals surface area contributed by atoms with Crippen LogP contribution in [0.1, 0.15) is 27.0 Å². The van der Waals surface area contributed by atoms with E-state index in [-0.39, 0.29) is 29.0 Å². The molecule has 2 aliphatic rings. The fourth-order valence-electron chi connectivity index (χ4n) is 3.90. The molecule has 2 fully saturated rings. The van der Waals surface area contributed by atoms with Crippen LogP contribution in [-0.2, 0) is 24.2 Å². The van der Waals surface area contributed by atoms with Gasteiger partial charge in [0, 0.05) is 0 Å². The number of hydrogen-bond acceptors (Lipinski definition) is 8. The van der Waals surface area contributed by atoms with Crippen LogP contribution >= 0.6 is 0 Å². The van der Waals surface area contributed by atoms with Crippen molar-refractivity contribution in [3.8, 4) is 0 Å². The van der Waals surface area contributed by atoms with Crippen molar-refractivity contribution in [3.63, 3.8) is 0 Å². The van der Waals surface area contributed by atoms with E-state index in [0.29, 0.717) is 11.2 Å². The molecule has 3 aromatic rings. The van der Waals surface area contributed by atoms with E-state index in [2.05, 4.69) is 19.7 Å². The molecule has 0 amide bonds. The van der Waals surface area contributed by atoms with Crippen molar-refractivity contribution < 1.29 is 22.6 Å². The van der Waals surface area contributed by atoms with Gasteiger partial charge in [0.15, 0.2) is 29.0 Å². The maximum Gasteiger partial charge on any atom is 0.263 e. The highest BCUT2D eigenvalue weighted by Crippen LogP contribution is 2.43. The Bertz CT molecular complexity index is 1200. The average molecular weight is 431 g/mol. The van der Waals surface area contributed by atoms with Crippen molar-refractivity contribution in [2.45, 2.75) is 56.0 Å². The van der Waals surface area contributed by atoms with Gasteiger partial charge in [0.05, 0.1) is 17.3 Å². The molecule has 1 aromatic carbocycles. The number of benzene rings is 1. The van der Waals surface area contributed by atoms with E-state index < -0.39 is 22.0 Å². The summed E-state index contributed by atoms with van der Waals surface area (Å²) in [6, 6.07) is 8.06. The second kappa shape index (κ2) is 6.71. The summed E-state index contributed by atoms with van der Waals surface area (Å²) in [4.78, 5) is 12.9. The second-order valence-corrected chi connectivity index (χ2v) is 9.44. The van der Waals surface area contributed by atoms with Gasteiger partial charge in [-0.1, -0.05) is 18.2 Å². The Balaban J connectivity index is 1.51. The Hall–Kier alpha value is -2.60. The number of sulfonamides is 1. The van der Waals surface area contributed by atoms with Crippen LogP contribution < -0.4 is 4.72 Å². The molecular formula is C19H21N5O5S. The van der Waals surface area contributed by atoms with Crippen LogP contribution in [0.3, 0.4) is 0 Å². The molecule has 11 heteroatoms. The normalized spacial score (nSPS) is 28.0. The van der Waals surface area contributed by atoms with E-state index in [1.54, 1.807) is 29.1 Å². The van der Waals surface area contributed by atoms with Crippen LogP contribution in [-0.4, -0.2) is 52.0 Å². The Kier molecular flexibility index (Phi) is 4.33. The third-order valence-electron chi connectivity index (χ3n) is 5.18. The number of nitrogens with zero attached hydrogens (tertiary/aromatic N) is 4. The van der Waals surface area contributed by atoms with Gasteiger partial charge in [0.1, 0.15) is 18.5 Å². The number of anilines is 1. The number of ether oxygens (including phenoxy) is 3. The molecule has 0 saturated carbocycles. The predicted molar refractivity (Wildman–Crippen MR) is 106 cm³/mol. The molecule has 10 nitrogen and oxygen atoms in total. The monoisotopic (exact) mass is 431 g/mol. The summed E-state index contributed by atoms with van der Waals surface area (Å²) < 4.78 is 47.7. The molecule has 0 unspecified atom stereocenters. The molecule has 2 aliphatic heterocycles. The highest BCUT2D eigenvalue weighted by molar-refractivity contribution is 7.92. The van der Waals surface area contributed by atoms with E-state index in [1.165, 1.54) is 18.5 Å². The third-order valence-corrected chi connectivity index (χ3v) is 6.53. The summed E-state index contributed by atoms with van der Waals surface area (Å²) in [6.07, 6.45) is 1.58. The molecule has 5 rings (SSSR count). The molecule has 1 N–H and O–H groups in total. The minimum atomic E-state index is -3.82. The molecule has 0 radical (unpaired) electrons. The molecule has 0 spiro atoms. The lowest BCUT2D eigenvalue weighted by Crippen LogP contribution is -2.27. The lowest BCUT2D eigenvalue weighted by atomic mass is 10.1. The van der Waals surface area contributed by atoms with Crippen molar-refractivity contribution in [2.75, 3.05) is 4.72 Å². The highest BCUT2D eigenvalue weighted by Gasteiger charge is 2.54. The first-order valence-corrected chi connectivity index (χ1v) is 11.0. The number of aromatic nitrogens is 4. The Labute approximate surface area is 173 Å². The highest BCUT2D eigenvalue weighted by atomic mass is 32.2. The van der Waals surface area contributed by atoms with Gasteiger partial charge in [0.25, 0.3) is 10.0 Å². The van der Waals surface area contributed by atoms with Crippen LogP contribution in [0, 0.1) is 0 Å². The first-order valence-electron chi connectivity index (χ1n) is 9.52. The van der Waals surface area contributed by atoms with Crippen LogP contribution in [0.5, 0.6) is 0 Å². The third kappa shape index (κ3) is 3.14. The van der Waals surface area contributed by atoms with E-state index in [9.17, 15) is 8.42 Å². The summed E-state index contributed by atoms with van der Waals surface area (Å²) in [7, 11) is -3.82. The largest absolute Gasteiger partial charge is 0.349 e. The van der Waals surface area contributed by atoms with Crippen LogP contribution in [0.15, 0.2) is 47.9 Å². The number of hydrogen-bond donors (Lipinski definition) is 1. The van der Waals surface area contributed by atoms with E-state index >= 15 is 0 Å². The molecule has 158 valence electrons. The fourth-order valence-corrected chi connectivity index (χ4v) is 4.94. The molecule has 0 bridgehead atoms. The molecule has 4 atom stereocenters. The van der Waals surface area contributed by atoms with Crippen LogP contribution in [0.25, 0.3) is 11.2 Å². The molecule has 2 saturated heterocycles. The summed E-state index contributed by atoms with van der Waals surface area (Å²) in [5.41, 5.74) is 0.747. The van der Waals surface area contributed by atoms with Crippen molar-refractivity contribution in [3.05, 3.63) is 43.0 Å². The number of fused-ring (bicyclic) bond motifs is 2. The smallest absolute Gasteiger partial charge is 0.263 e. The predicted octanol–water partition coefficient (Wildman–Crippen LogP) is 2.06. The molecule has 2 aromatic heterocycles. The van der Waals surface area contributed by atoms with Gasteiger partial charge in [-0.3, -0.25) is 9.29 Å². The first-order chi connectivity index (χ1) is 14.3. The van der Waals surface area contributed by atoms with E-state index in [4.69, 9.17) is 14.2 Å².